The van der Waals surface area contributed by atoms with E-state index in [1.54, 1.807) is 7.11 Å². The highest BCUT2D eigenvalue weighted by molar-refractivity contribution is 5.44. The molecule has 0 saturated carbocycles. The molecule has 0 aliphatic rings. The van der Waals surface area contributed by atoms with Crippen molar-refractivity contribution in [1.82, 2.24) is 0 Å². The van der Waals surface area contributed by atoms with Crippen molar-refractivity contribution in [2.24, 2.45) is 11.7 Å². The number of rotatable bonds is 8. The number of hydrogen-bond donors (Lipinski definition) is 1. The van der Waals surface area contributed by atoms with E-state index in [4.69, 9.17) is 15.2 Å². The summed E-state index contributed by atoms with van der Waals surface area (Å²) in [5.74, 6) is 2.37. The first-order chi connectivity index (χ1) is 11.9. The summed E-state index contributed by atoms with van der Waals surface area (Å²) >= 11 is 0. The van der Waals surface area contributed by atoms with Crippen molar-refractivity contribution in [3.05, 3.63) is 58.7 Å². The van der Waals surface area contributed by atoms with E-state index in [0.717, 1.165) is 17.9 Å². The van der Waals surface area contributed by atoms with Crippen LogP contribution in [0.4, 0.5) is 0 Å². The highest BCUT2D eigenvalue weighted by Gasteiger charge is 2.14. The highest BCUT2D eigenvalue weighted by atomic mass is 16.5. The Kier molecular flexibility index (Phi) is 6.89. The summed E-state index contributed by atoms with van der Waals surface area (Å²) in [5, 5.41) is 0. The molecule has 0 fully saturated rings. The van der Waals surface area contributed by atoms with Crippen molar-refractivity contribution in [3.8, 4) is 11.5 Å². The topological polar surface area (TPSA) is 44.5 Å². The predicted molar refractivity (Wildman–Crippen MR) is 105 cm³/mol. The molecule has 0 aliphatic carbocycles. The zero-order valence-electron chi connectivity index (χ0n) is 16.1. The van der Waals surface area contributed by atoms with Gasteiger partial charge in [-0.15, -0.1) is 0 Å². The minimum atomic E-state index is 0.298. The van der Waals surface area contributed by atoms with Crippen LogP contribution in [0.3, 0.4) is 0 Å². The van der Waals surface area contributed by atoms with E-state index < -0.39 is 0 Å². The molecule has 2 N–H and O–H groups in total. The van der Waals surface area contributed by atoms with Crippen LogP contribution in [0.2, 0.25) is 0 Å². The zero-order valence-corrected chi connectivity index (χ0v) is 16.1. The van der Waals surface area contributed by atoms with Gasteiger partial charge in [-0.3, -0.25) is 0 Å². The maximum Gasteiger partial charge on any atom is 0.161 e. The van der Waals surface area contributed by atoms with Crippen LogP contribution in [-0.2, 0) is 6.42 Å². The molecule has 3 nitrogen and oxygen atoms in total. The van der Waals surface area contributed by atoms with Gasteiger partial charge in [0.1, 0.15) is 0 Å². The van der Waals surface area contributed by atoms with E-state index in [9.17, 15) is 0 Å². The first-order valence-corrected chi connectivity index (χ1v) is 9.01. The molecule has 25 heavy (non-hydrogen) atoms. The fourth-order valence-corrected chi connectivity index (χ4v) is 2.85. The number of nitrogens with two attached hydrogens (primary N) is 1. The average molecular weight is 341 g/mol. The van der Waals surface area contributed by atoms with Crippen LogP contribution in [0.15, 0.2) is 36.4 Å². The normalized spacial score (nSPS) is 12.3. The third-order valence-electron chi connectivity index (χ3n) is 4.57. The lowest BCUT2D eigenvalue weighted by molar-refractivity contribution is 0.256. The van der Waals surface area contributed by atoms with E-state index in [0.29, 0.717) is 25.0 Å². The van der Waals surface area contributed by atoms with Crippen LogP contribution < -0.4 is 15.2 Å². The van der Waals surface area contributed by atoms with Crippen LogP contribution in [0.1, 0.15) is 42.0 Å². The third kappa shape index (κ3) is 5.23. The second kappa shape index (κ2) is 8.91. The van der Waals surface area contributed by atoms with Crippen LogP contribution in [0.25, 0.3) is 0 Å². The Morgan fingerprint density at radius 3 is 2.32 bits per heavy atom. The predicted octanol–water partition coefficient (Wildman–Crippen LogP) is 4.63. The number of ether oxygens (including phenoxy) is 2. The molecule has 1 unspecified atom stereocenters. The first kappa shape index (κ1) is 19.3. The van der Waals surface area contributed by atoms with Crippen LogP contribution >= 0.6 is 0 Å². The maximum absolute atomic E-state index is 6.07. The van der Waals surface area contributed by atoms with Gasteiger partial charge in [-0.25, -0.2) is 0 Å². The van der Waals surface area contributed by atoms with Crippen LogP contribution in [-0.4, -0.2) is 20.3 Å². The molecule has 136 valence electrons. The lowest BCUT2D eigenvalue weighted by Crippen LogP contribution is -2.15. The van der Waals surface area contributed by atoms with Gasteiger partial charge in [-0.05, 0) is 67.1 Å². The van der Waals surface area contributed by atoms with E-state index in [2.05, 4.69) is 58.0 Å². The number of benzene rings is 2. The van der Waals surface area contributed by atoms with Gasteiger partial charge in [0.15, 0.2) is 11.5 Å². The Bertz CT molecular complexity index is 694. The van der Waals surface area contributed by atoms with E-state index in [1.807, 2.05) is 6.07 Å². The highest BCUT2D eigenvalue weighted by Crippen LogP contribution is 2.31. The van der Waals surface area contributed by atoms with Gasteiger partial charge in [0, 0.05) is 5.92 Å². The number of hydrogen-bond acceptors (Lipinski definition) is 3. The molecular formula is C22H31NO2. The van der Waals surface area contributed by atoms with E-state index in [1.165, 1.54) is 22.3 Å². The van der Waals surface area contributed by atoms with Crippen molar-refractivity contribution in [3.63, 3.8) is 0 Å². The molecule has 0 aliphatic heterocycles. The first-order valence-electron chi connectivity index (χ1n) is 9.01. The minimum Gasteiger partial charge on any atom is -0.493 e. The molecule has 1 atom stereocenters. The summed E-state index contributed by atoms with van der Waals surface area (Å²) in [6.07, 6.45) is 0.889. The largest absolute Gasteiger partial charge is 0.493 e. The lowest BCUT2D eigenvalue weighted by atomic mass is 9.90. The molecule has 0 heterocycles. The van der Waals surface area contributed by atoms with Crippen LogP contribution in [0, 0.1) is 19.8 Å². The summed E-state index contributed by atoms with van der Waals surface area (Å²) < 4.78 is 11.4. The van der Waals surface area contributed by atoms with Crippen molar-refractivity contribution in [1.29, 1.82) is 0 Å². The van der Waals surface area contributed by atoms with Gasteiger partial charge < -0.3 is 15.2 Å². The van der Waals surface area contributed by atoms with Gasteiger partial charge in [0.2, 0.25) is 0 Å². The fraction of sp³-hybridized carbons (Fsp3) is 0.455. The standard InChI is InChI=1S/C22H31NO2/c1-15(2)14-25-21-9-7-18(12-22(21)24-5)11-20(13-23)19-8-6-16(3)17(4)10-19/h6-10,12,15,20H,11,13-14,23H2,1-5H3. The Hall–Kier alpha value is -2.00. The summed E-state index contributed by atoms with van der Waals surface area (Å²) in [7, 11) is 1.69. The van der Waals surface area contributed by atoms with E-state index in [-0.39, 0.29) is 0 Å². The Morgan fingerprint density at radius 1 is 0.960 bits per heavy atom. The summed E-state index contributed by atoms with van der Waals surface area (Å²) in [6.45, 7) is 9.86. The zero-order chi connectivity index (χ0) is 18.4. The maximum atomic E-state index is 6.07. The smallest absolute Gasteiger partial charge is 0.161 e. The summed E-state index contributed by atoms with van der Waals surface area (Å²) in [5.41, 5.74) is 11.2. The average Bonchev–Trinajstić information content (AvgIpc) is 2.60. The molecule has 3 heteroatoms. The third-order valence-corrected chi connectivity index (χ3v) is 4.57. The molecule has 0 amide bonds. The Labute approximate surface area is 152 Å². The number of methoxy groups -OCH3 is 1. The molecule has 2 aromatic rings. The van der Waals surface area contributed by atoms with Crippen LogP contribution in [0.5, 0.6) is 11.5 Å². The Balaban J connectivity index is 2.18. The molecular weight excluding hydrogens is 310 g/mol. The monoisotopic (exact) mass is 341 g/mol. The van der Waals surface area contributed by atoms with Gasteiger partial charge in [0.25, 0.3) is 0 Å². The van der Waals surface area contributed by atoms with E-state index >= 15 is 0 Å². The molecule has 0 bridgehead atoms. The molecule has 0 radical (unpaired) electrons. The minimum absolute atomic E-state index is 0.298. The molecule has 0 spiro atoms. The fourth-order valence-electron chi connectivity index (χ4n) is 2.85. The Morgan fingerprint density at radius 2 is 1.72 bits per heavy atom. The molecule has 0 aromatic heterocycles. The van der Waals surface area contributed by atoms with Crippen molar-refractivity contribution in [2.45, 2.75) is 40.0 Å². The SMILES string of the molecule is COc1cc(CC(CN)c2ccc(C)c(C)c2)ccc1OCC(C)C. The molecule has 2 aromatic carbocycles. The van der Waals surface area contributed by atoms with Crippen molar-refractivity contribution < 1.29 is 9.47 Å². The van der Waals surface area contributed by atoms with Crippen molar-refractivity contribution >= 4 is 0 Å². The quantitative estimate of drug-likeness (QED) is 0.761. The summed E-state index contributed by atoms with van der Waals surface area (Å²) in [4.78, 5) is 0. The van der Waals surface area contributed by atoms with Gasteiger partial charge >= 0.3 is 0 Å². The lowest BCUT2D eigenvalue weighted by Gasteiger charge is -2.18. The second-order valence-electron chi connectivity index (χ2n) is 7.17. The summed E-state index contributed by atoms with van der Waals surface area (Å²) in [6, 6.07) is 12.8. The van der Waals surface area contributed by atoms with Gasteiger partial charge in [0.05, 0.1) is 13.7 Å². The van der Waals surface area contributed by atoms with Gasteiger partial charge in [-0.2, -0.15) is 0 Å². The number of aryl methyl sites for hydroxylation is 2. The molecule has 2 rings (SSSR count). The molecule has 0 saturated heterocycles. The second-order valence-corrected chi connectivity index (χ2v) is 7.17. The van der Waals surface area contributed by atoms with Crippen molar-refractivity contribution in [2.75, 3.05) is 20.3 Å². The van der Waals surface area contributed by atoms with Gasteiger partial charge in [-0.1, -0.05) is 38.1 Å².